The second kappa shape index (κ2) is 4.62. The maximum Gasteiger partial charge on any atom is 0.0233 e. The van der Waals surface area contributed by atoms with Crippen LogP contribution in [0.1, 0.15) is 24.8 Å². The van der Waals surface area contributed by atoms with E-state index < -0.39 is 0 Å². The maximum absolute atomic E-state index is 2.48. The van der Waals surface area contributed by atoms with Crippen molar-refractivity contribution in [1.29, 1.82) is 0 Å². The van der Waals surface area contributed by atoms with Crippen LogP contribution in [0.25, 0.3) is 0 Å². The molecule has 2 rings (SSSR count). The molecule has 1 fully saturated rings. The third kappa shape index (κ3) is 2.48. The van der Waals surface area contributed by atoms with Gasteiger partial charge in [0.2, 0.25) is 0 Å². The lowest BCUT2D eigenvalue weighted by Gasteiger charge is -2.34. The molecule has 0 heterocycles. The molecule has 0 atom stereocenters. The Balaban J connectivity index is 1.92. The van der Waals surface area contributed by atoms with Gasteiger partial charge in [-0.2, -0.15) is 0 Å². The molecule has 1 aliphatic carbocycles. The van der Waals surface area contributed by atoms with Crippen LogP contribution >= 0.6 is 22.6 Å². The summed E-state index contributed by atoms with van der Waals surface area (Å²) in [6, 6.07) is 9.68. The summed E-state index contributed by atoms with van der Waals surface area (Å²) in [5.74, 6) is 0. The predicted octanol–water partition coefficient (Wildman–Crippen LogP) is 3.28. The molecule has 0 aromatic heterocycles. The zero-order valence-electron chi connectivity index (χ0n) is 8.54. The normalized spacial score (nSPS) is 17.1. The van der Waals surface area contributed by atoms with Crippen LogP contribution in [0.3, 0.4) is 0 Å². The fourth-order valence-corrected chi connectivity index (χ4v) is 2.19. The Hall–Kier alpha value is -0.0900. The summed E-state index contributed by atoms with van der Waals surface area (Å²) in [7, 11) is 2.24. The molecule has 14 heavy (non-hydrogen) atoms. The highest BCUT2D eigenvalue weighted by atomic mass is 127. The van der Waals surface area contributed by atoms with Gasteiger partial charge in [-0.1, -0.05) is 18.6 Å². The quantitative estimate of drug-likeness (QED) is 0.775. The van der Waals surface area contributed by atoms with Gasteiger partial charge in [0.15, 0.2) is 0 Å². The summed E-state index contributed by atoms with van der Waals surface area (Å²) in [5.41, 5.74) is 1.43. The van der Waals surface area contributed by atoms with Crippen molar-refractivity contribution >= 4 is 22.6 Å². The topological polar surface area (TPSA) is 3.24 Å². The monoisotopic (exact) mass is 301 g/mol. The number of benzene rings is 1. The van der Waals surface area contributed by atoms with Crippen molar-refractivity contribution in [3.8, 4) is 0 Å². The number of hydrogen-bond acceptors (Lipinski definition) is 1. The van der Waals surface area contributed by atoms with E-state index in [9.17, 15) is 0 Å². The average molecular weight is 301 g/mol. The molecule has 0 N–H and O–H groups in total. The van der Waals surface area contributed by atoms with Gasteiger partial charge in [0, 0.05) is 16.2 Å². The molecule has 2 heteroatoms. The minimum Gasteiger partial charge on any atom is -0.299 e. The molecule has 0 saturated heterocycles. The first-order valence-electron chi connectivity index (χ1n) is 5.20. The van der Waals surface area contributed by atoms with E-state index in [0.717, 1.165) is 12.6 Å². The summed E-state index contributed by atoms with van der Waals surface area (Å²) in [6.07, 6.45) is 4.20. The molecule has 0 aliphatic heterocycles. The highest BCUT2D eigenvalue weighted by molar-refractivity contribution is 14.1. The molecule has 76 valence electrons. The van der Waals surface area contributed by atoms with E-state index in [1.54, 1.807) is 0 Å². The van der Waals surface area contributed by atoms with E-state index in [1.807, 2.05) is 0 Å². The summed E-state index contributed by atoms with van der Waals surface area (Å²) in [5, 5.41) is 0. The summed E-state index contributed by atoms with van der Waals surface area (Å²) < 4.78 is 1.32. The van der Waals surface area contributed by atoms with Gasteiger partial charge in [0.05, 0.1) is 0 Å². The third-order valence-corrected chi connectivity index (χ3v) is 3.76. The Bertz CT molecular complexity index is 290. The van der Waals surface area contributed by atoms with Crippen LogP contribution in [-0.4, -0.2) is 18.0 Å². The third-order valence-electron chi connectivity index (χ3n) is 3.04. The van der Waals surface area contributed by atoms with E-state index in [2.05, 4.69) is 58.8 Å². The molecular weight excluding hydrogens is 285 g/mol. The van der Waals surface area contributed by atoms with Crippen molar-refractivity contribution in [3.63, 3.8) is 0 Å². The molecule has 0 spiro atoms. The number of hydrogen-bond donors (Lipinski definition) is 0. The number of nitrogens with zero attached hydrogens (tertiary/aromatic N) is 1. The molecule has 0 unspecified atom stereocenters. The first kappa shape index (κ1) is 10.4. The largest absolute Gasteiger partial charge is 0.299 e. The van der Waals surface area contributed by atoms with Crippen molar-refractivity contribution in [3.05, 3.63) is 33.4 Å². The fraction of sp³-hybridized carbons (Fsp3) is 0.500. The summed E-state index contributed by atoms with van der Waals surface area (Å²) in [6.45, 7) is 1.10. The van der Waals surface area contributed by atoms with Crippen LogP contribution in [0, 0.1) is 3.57 Å². The molecule has 1 aromatic carbocycles. The lowest BCUT2D eigenvalue weighted by Crippen LogP contribution is -2.36. The number of halogens is 1. The SMILES string of the molecule is CN(Cc1ccc(I)cc1)C1CCC1. The molecule has 1 nitrogen and oxygen atoms in total. The van der Waals surface area contributed by atoms with Crippen LogP contribution in [-0.2, 0) is 6.54 Å². The highest BCUT2D eigenvalue weighted by Crippen LogP contribution is 2.24. The minimum absolute atomic E-state index is 0.842. The zero-order valence-corrected chi connectivity index (χ0v) is 10.7. The van der Waals surface area contributed by atoms with E-state index in [4.69, 9.17) is 0 Å². The Kier molecular flexibility index (Phi) is 3.44. The standard InChI is InChI=1S/C12H16IN/c1-14(12-3-2-4-12)9-10-5-7-11(13)8-6-10/h5-8,12H,2-4,9H2,1H3. The molecule has 1 saturated carbocycles. The molecule has 0 bridgehead atoms. The summed E-state index contributed by atoms with van der Waals surface area (Å²) in [4.78, 5) is 2.48. The highest BCUT2D eigenvalue weighted by Gasteiger charge is 2.21. The van der Waals surface area contributed by atoms with Gasteiger partial charge >= 0.3 is 0 Å². The van der Waals surface area contributed by atoms with Gasteiger partial charge in [-0.25, -0.2) is 0 Å². The van der Waals surface area contributed by atoms with Crippen LogP contribution in [0.5, 0.6) is 0 Å². The molecule has 1 aromatic rings. The van der Waals surface area contributed by atoms with Gasteiger partial charge < -0.3 is 0 Å². The lowest BCUT2D eigenvalue weighted by atomic mass is 9.91. The Labute approximate surface area is 99.6 Å². The zero-order chi connectivity index (χ0) is 9.97. The number of rotatable bonds is 3. The van der Waals surface area contributed by atoms with Gasteiger partial charge in [0.25, 0.3) is 0 Å². The van der Waals surface area contributed by atoms with E-state index >= 15 is 0 Å². The van der Waals surface area contributed by atoms with Gasteiger partial charge in [-0.3, -0.25) is 4.90 Å². The smallest absolute Gasteiger partial charge is 0.0233 e. The Morgan fingerprint density at radius 3 is 2.43 bits per heavy atom. The van der Waals surface area contributed by atoms with Crippen LogP contribution in [0.2, 0.25) is 0 Å². The molecule has 1 aliphatic rings. The van der Waals surface area contributed by atoms with Crippen LogP contribution < -0.4 is 0 Å². The second-order valence-corrected chi connectivity index (χ2v) is 5.37. The first-order valence-corrected chi connectivity index (χ1v) is 6.28. The van der Waals surface area contributed by atoms with Crippen molar-refractivity contribution in [2.45, 2.75) is 31.8 Å². The molecule has 0 radical (unpaired) electrons. The van der Waals surface area contributed by atoms with Gasteiger partial charge in [-0.05, 0) is 60.2 Å². The Morgan fingerprint density at radius 1 is 1.29 bits per heavy atom. The van der Waals surface area contributed by atoms with Gasteiger partial charge in [-0.15, -0.1) is 0 Å². The minimum atomic E-state index is 0.842. The second-order valence-electron chi connectivity index (χ2n) is 4.13. The Morgan fingerprint density at radius 2 is 1.93 bits per heavy atom. The first-order chi connectivity index (χ1) is 6.75. The van der Waals surface area contributed by atoms with Crippen molar-refractivity contribution in [2.75, 3.05) is 7.05 Å². The van der Waals surface area contributed by atoms with Crippen molar-refractivity contribution in [2.24, 2.45) is 0 Å². The average Bonchev–Trinajstić information content (AvgIpc) is 2.06. The van der Waals surface area contributed by atoms with Crippen molar-refractivity contribution in [1.82, 2.24) is 4.90 Å². The van der Waals surface area contributed by atoms with Crippen LogP contribution in [0.15, 0.2) is 24.3 Å². The fourth-order valence-electron chi connectivity index (χ4n) is 1.83. The van der Waals surface area contributed by atoms with Gasteiger partial charge in [0.1, 0.15) is 0 Å². The molecular formula is C12H16IN. The molecule has 0 amide bonds. The lowest BCUT2D eigenvalue weighted by molar-refractivity contribution is 0.152. The maximum atomic E-state index is 2.48. The summed E-state index contributed by atoms with van der Waals surface area (Å²) >= 11 is 2.35. The van der Waals surface area contributed by atoms with Crippen LogP contribution in [0.4, 0.5) is 0 Å². The van der Waals surface area contributed by atoms with Crippen molar-refractivity contribution < 1.29 is 0 Å². The predicted molar refractivity (Wildman–Crippen MR) is 68.3 cm³/mol. The van der Waals surface area contributed by atoms with E-state index in [1.165, 1.54) is 28.4 Å². The van der Waals surface area contributed by atoms with E-state index in [0.29, 0.717) is 0 Å². The van der Waals surface area contributed by atoms with E-state index in [-0.39, 0.29) is 0 Å².